The molecule has 1 heterocycles. The topological polar surface area (TPSA) is 29.1 Å². The van der Waals surface area contributed by atoms with Gasteiger partial charge in [-0.25, -0.2) is 0 Å². The first-order chi connectivity index (χ1) is 7.75. The smallest absolute Gasteiger partial charge is 0.261 e. The van der Waals surface area contributed by atoms with E-state index in [-0.39, 0.29) is 5.91 Å². The molecule has 0 radical (unpaired) electrons. The number of carbonyl (C=O) groups is 1. The zero-order chi connectivity index (χ0) is 11.4. The van der Waals surface area contributed by atoms with Crippen LogP contribution in [0.5, 0.6) is 0 Å². The molecule has 0 bridgehead atoms. The summed E-state index contributed by atoms with van der Waals surface area (Å²) in [5.74, 6) is -0.0826. The molecule has 2 aromatic rings. The third kappa shape index (κ3) is 2.84. The number of hydrogen-bond donors (Lipinski definition) is 1. The Morgan fingerprint density at radius 1 is 1.31 bits per heavy atom. The average molecular weight is 252 g/mol. The van der Waals surface area contributed by atoms with E-state index in [2.05, 4.69) is 5.32 Å². The van der Waals surface area contributed by atoms with Gasteiger partial charge in [-0.15, -0.1) is 11.3 Å². The minimum atomic E-state index is -0.0826. The van der Waals surface area contributed by atoms with E-state index in [1.807, 2.05) is 30.3 Å². The minimum absolute atomic E-state index is 0.0826. The van der Waals surface area contributed by atoms with Crippen molar-refractivity contribution in [1.29, 1.82) is 0 Å². The van der Waals surface area contributed by atoms with Crippen molar-refractivity contribution in [2.75, 3.05) is 0 Å². The summed E-state index contributed by atoms with van der Waals surface area (Å²) < 4.78 is 0. The quantitative estimate of drug-likeness (QED) is 0.891. The Labute approximate surface area is 103 Å². The lowest BCUT2D eigenvalue weighted by molar-refractivity contribution is 0.0955. The van der Waals surface area contributed by atoms with E-state index >= 15 is 0 Å². The van der Waals surface area contributed by atoms with E-state index in [0.29, 0.717) is 16.4 Å². The Morgan fingerprint density at radius 3 is 2.69 bits per heavy atom. The Balaban J connectivity index is 1.94. The molecule has 0 fully saturated rings. The van der Waals surface area contributed by atoms with Gasteiger partial charge >= 0.3 is 0 Å². The number of hydrogen-bond acceptors (Lipinski definition) is 2. The summed E-state index contributed by atoms with van der Waals surface area (Å²) in [7, 11) is 0. The Bertz CT molecular complexity index is 481. The molecule has 0 saturated carbocycles. The van der Waals surface area contributed by atoms with E-state index < -0.39 is 0 Å². The van der Waals surface area contributed by atoms with Gasteiger partial charge in [0.15, 0.2) is 0 Å². The monoisotopic (exact) mass is 251 g/mol. The Hall–Kier alpha value is -1.32. The maximum atomic E-state index is 11.7. The second kappa shape index (κ2) is 5.14. The highest BCUT2D eigenvalue weighted by Gasteiger charge is 2.07. The van der Waals surface area contributed by atoms with Crippen LogP contribution in [0.2, 0.25) is 5.02 Å². The van der Waals surface area contributed by atoms with Crippen molar-refractivity contribution in [3.05, 3.63) is 57.2 Å². The lowest BCUT2D eigenvalue weighted by atomic mass is 10.2. The molecule has 1 amide bonds. The second-order valence-electron chi connectivity index (χ2n) is 3.30. The highest BCUT2D eigenvalue weighted by Crippen LogP contribution is 2.18. The number of thiophene rings is 1. The first-order valence-corrected chi connectivity index (χ1v) is 6.07. The van der Waals surface area contributed by atoms with Crippen LogP contribution in [0.25, 0.3) is 0 Å². The number of benzene rings is 1. The highest BCUT2D eigenvalue weighted by atomic mass is 35.5. The number of carbonyl (C=O) groups excluding carboxylic acids is 1. The number of rotatable bonds is 3. The predicted octanol–water partition coefficient (Wildman–Crippen LogP) is 3.33. The van der Waals surface area contributed by atoms with E-state index in [9.17, 15) is 4.79 Å². The van der Waals surface area contributed by atoms with Gasteiger partial charge in [-0.2, -0.15) is 0 Å². The first-order valence-electron chi connectivity index (χ1n) is 4.82. The zero-order valence-electron chi connectivity index (χ0n) is 8.44. The summed E-state index contributed by atoms with van der Waals surface area (Å²) in [5, 5.41) is 5.20. The van der Waals surface area contributed by atoms with Crippen LogP contribution in [0.1, 0.15) is 15.2 Å². The SMILES string of the molecule is O=C(NCc1ccccc1)c1cc(Cl)cs1. The van der Waals surface area contributed by atoms with E-state index in [0.717, 1.165) is 5.56 Å². The van der Waals surface area contributed by atoms with Crippen LogP contribution in [-0.2, 0) is 6.54 Å². The molecular formula is C12H10ClNOS. The number of halogens is 1. The molecular weight excluding hydrogens is 242 g/mol. The van der Waals surface area contributed by atoms with Gasteiger partial charge in [-0.05, 0) is 11.6 Å². The fraction of sp³-hybridized carbons (Fsp3) is 0.0833. The summed E-state index contributed by atoms with van der Waals surface area (Å²) in [5.41, 5.74) is 1.08. The third-order valence-electron chi connectivity index (χ3n) is 2.09. The summed E-state index contributed by atoms with van der Waals surface area (Å²) in [6.07, 6.45) is 0. The second-order valence-corrected chi connectivity index (χ2v) is 4.65. The molecule has 0 aliphatic carbocycles. The fourth-order valence-electron chi connectivity index (χ4n) is 1.30. The van der Waals surface area contributed by atoms with Crippen molar-refractivity contribution in [3.8, 4) is 0 Å². The molecule has 82 valence electrons. The van der Waals surface area contributed by atoms with E-state index in [1.54, 1.807) is 11.4 Å². The van der Waals surface area contributed by atoms with E-state index in [1.165, 1.54) is 11.3 Å². The summed E-state index contributed by atoms with van der Waals surface area (Å²) in [6.45, 7) is 0.537. The predicted molar refractivity (Wildman–Crippen MR) is 66.9 cm³/mol. The molecule has 1 N–H and O–H groups in total. The van der Waals surface area contributed by atoms with Crippen molar-refractivity contribution >= 4 is 28.8 Å². The van der Waals surface area contributed by atoms with Gasteiger partial charge in [0.2, 0.25) is 0 Å². The third-order valence-corrected chi connectivity index (χ3v) is 3.36. The van der Waals surface area contributed by atoms with Gasteiger partial charge in [0, 0.05) is 11.9 Å². The van der Waals surface area contributed by atoms with Gasteiger partial charge in [0.1, 0.15) is 0 Å². The molecule has 0 aliphatic rings. The average Bonchev–Trinajstić information content (AvgIpc) is 2.74. The summed E-state index contributed by atoms with van der Waals surface area (Å²) in [6, 6.07) is 11.5. The summed E-state index contributed by atoms with van der Waals surface area (Å²) >= 11 is 7.10. The molecule has 4 heteroatoms. The minimum Gasteiger partial charge on any atom is -0.347 e. The molecule has 0 unspecified atom stereocenters. The molecule has 2 rings (SSSR count). The van der Waals surface area contributed by atoms with Crippen molar-refractivity contribution in [2.45, 2.75) is 6.54 Å². The number of nitrogens with one attached hydrogen (secondary N) is 1. The van der Waals surface area contributed by atoms with Crippen molar-refractivity contribution in [2.24, 2.45) is 0 Å². The fourth-order valence-corrected chi connectivity index (χ4v) is 2.29. The lowest BCUT2D eigenvalue weighted by Gasteiger charge is -2.02. The molecule has 1 aromatic carbocycles. The zero-order valence-corrected chi connectivity index (χ0v) is 10.0. The number of amides is 1. The molecule has 2 nitrogen and oxygen atoms in total. The molecule has 16 heavy (non-hydrogen) atoms. The molecule has 0 aliphatic heterocycles. The van der Waals surface area contributed by atoms with Crippen LogP contribution in [0, 0.1) is 0 Å². The van der Waals surface area contributed by atoms with Gasteiger partial charge in [-0.1, -0.05) is 41.9 Å². The first kappa shape index (κ1) is 11.2. The normalized spacial score (nSPS) is 10.1. The van der Waals surface area contributed by atoms with Crippen LogP contribution in [-0.4, -0.2) is 5.91 Å². The van der Waals surface area contributed by atoms with Gasteiger partial charge in [0.25, 0.3) is 5.91 Å². The molecule has 0 atom stereocenters. The van der Waals surface area contributed by atoms with E-state index in [4.69, 9.17) is 11.6 Å². The molecule has 0 spiro atoms. The molecule has 0 saturated heterocycles. The van der Waals surface area contributed by atoms with Crippen molar-refractivity contribution in [3.63, 3.8) is 0 Å². The highest BCUT2D eigenvalue weighted by molar-refractivity contribution is 7.12. The van der Waals surface area contributed by atoms with Crippen LogP contribution >= 0.6 is 22.9 Å². The van der Waals surface area contributed by atoms with Crippen molar-refractivity contribution in [1.82, 2.24) is 5.32 Å². The lowest BCUT2D eigenvalue weighted by Crippen LogP contribution is -2.21. The van der Waals surface area contributed by atoms with Gasteiger partial charge < -0.3 is 5.32 Å². The van der Waals surface area contributed by atoms with Crippen molar-refractivity contribution < 1.29 is 4.79 Å². The maximum absolute atomic E-state index is 11.7. The van der Waals surface area contributed by atoms with Crippen LogP contribution in [0.3, 0.4) is 0 Å². The van der Waals surface area contributed by atoms with Gasteiger partial charge in [-0.3, -0.25) is 4.79 Å². The largest absolute Gasteiger partial charge is 0.347 e. The Kier molecular flexibility index (Phi) is 3.59. The van der Waals surface area contributed by atoms with Crippen LogP contribution in [0.15, 0.2) is 41.8 Å². The Morgan fingerprint density at radius 2 is 2.06 bits per heavy atom. The van der Waals surface area contributed by atoms with Crippen LogP contribution in [0.4, 0.5) is 0 Å². The standard InChI is InChI=1S/C12H10ClNOS/c13-10-6-11(16-8-10)12(15)14-7-9-4-2-1-3-5-9/h1-6,8H,7H2,(H,14,15). The van der Waals surface area contributed by atoms with Crippen LogP contribution < -0.4 is 5.32 Å². The maximum Gasteiger partial charge on any atom is 0.261 e. The van der Waals surface area contributed by atoms with Gasteiger partial charge in [0.05, 0.1) is 9.90 Å². The summed E-state index contributed by atoms with van der Waals surface area (Å²) in [4.78, 5) is 12.3. The molecule has 1 aromatic heterocycles.